The molecule has 0 aromatic carbocycles. The monoisotopic (exact) mass is 346 g/mol. The number of hydrogen-bond donors (Lipinski definition) is 0. The summed E-state index contributed by atoms with van der Waals surface area (Å²) in [5, 5.41) is 8.85. The van der Waals surface area contributed by atoms with Gasteiger partial charge in [0.1, 0.15) is 10.7 Å². The van der Waals surface area contributed by atoms with Crippen molar-refractivity contribution in [3.63, 3.8) is 0 Å². The van der Waals surface area contributed by atoms with Crippen LogP contribution in [0.5, 0.6) is 0 Å². The van der Waals surface area contributed by atoms with Gasteiger partial charge in [-0.15, -0.1) is 21.5 Å². The Balaban J connectivity index is 1.66. The van der Waals surface area contributed by atoms with E-state index in [9.17, 15) is 4.79 Å². The molecule has 0 saturated carbocycles. The number of aromatic nitrogens is 4. The number of fused-ring (bicyclic) bond motifs is 1. The molecule has 2 aromatic heterocycles. The van der Waals surface area contributed by atoms with Crippen LogP contribution in [0.1, 0.15) is 52.3 Å². The van der Waals surface area contributed by atoms with Gasteiger partial charge in [-0.05, 0) is 33.2 Å². The van der Waals surface area contributed by atoms with E-state index in [0.717, 1.165) is 67.7 Å². The lowest BCUT2D eigenvalue weighted by Gasteiger charge is -2.35. The van der Waals surface area contributed by atoms with Gasteiger partial charge in [-0.2, -0.15) is 0 Å². The molecule has 24 heavy (non-hydrogen) atoms. The first-order valence-corrected chi connectivity index (χ1v) is 9.34. The highest BCUT2D eigenvalue weighted by atomic mass is 32.1. The molecule has 0 unspecified atom stereocenters. The second kappa shape index (κ2) is 6.25. The Hall–Kier alpha value is -1.80. The van der Waals surface area contributed by atoms with Crippen molar-refractivity contribution in [2.75, 3.05) is 20.1 Å². The minimum atomic E-state index is 0.0254. The third-order valence-corrected chi connectivity index (χ3v) is 5.89. The molecule has 4 heterocycles. The number of carbonyl (C=O) groups is 1. The van der Waals surface area contributed by atoms with Gasteiger partial charge in [0.15, 0.2) is 5.82 Å². The summed E-state index contributed by atoms with van der Waals surface area (Å²) in [6.07, 6.45) is 3.12. The summed E-state index contributed by atoms with van der Waals surface area (Å²) in [6, 6.07) is 0.0254. The molecule has 1 atom stereocenters. The third-order valence-electron chi connectivity index (χ3n) is 4.97. The van der Waals surface area contributed by atoms with Gasteiger partial charge in [0.05, 0.1) is 23.8 Å². The summed E-state index contributed by atoms with van der Waals surface area (Å²) in [5.74, 6) is 2.05. The van der Waals surface area contributed by atoms with E-state index in [4.69, 9.17) is 0 Å². The van der Waals surface area contributed by atoms with E-state index in [1.54, 1.807) is 5.51 Å². The minimum Gasteiger partial charge on any atom is -0.328 e. The van der Waals surface area contributed by atoms with Crippen molar-refractivity contribution >= 4 is 17.2 Å². The van der Waals surface area contributed by atoms with E-state index in [-0.39, 0.29) is 11.9 Å². The molecule has 0 spiro atoms. The van der Waals surface area contributed by atoms with Crippen LogP contribution < -0.4 is 0 Å². The molecule has 4 rings (SSSR count). The number of aryl methyl sites for hydroxylation is 1. The Morgan fingerprint density at radius 1 is 1.25 bits per heavy atom. The molecule has 2 aromatic rings. The number of rotatable bonds is 2. The van der Waals surface area contributed by atoms with Gasteiger partial charge in [0, 0.05) is 19.6 Å². The molecule has 0 radical (unpaired) electrons. The van der Waals surface area contributed by atoms with Crippen LogP contribution in [0.2, 0.25) is 0 Å². The molecule has 1 amide bonds. The minimum absolute atomic E-state index is 0.0254. The highest BCUT2D eigenvalue weighted by Crippen LogP contribution is 2.33. The molecule has 2 aliphatic rings. The molecule has 1 saturated heterocycles. The van der Waals surface area contributed by atoms with E-state index in [1.807, 2.05) is 11.8 Å². The largest absolute Gasteiger partial charge is 0.328 e. The quantitative estimate of drug-likeness (QED) is 0.830. The normalized spacial score (nSPS) is 21.8. The van der Waals surface area contributed by atoms with Gasteiger partial charge in [0.2, 0.25) is 0 Å². The Kier molecular flexibility index (Phi) is 4.09. The lowest BCUT2D eigenvalue weighted by Crippen LogP contribution is -2.40. The number of nitrogens with zero attached hydrogens (tertiary/aromatic N) is 6. The summed E-state index contributed by atoms with van der Waals surface area (Å²) in [7, 11) is 2.10. The van der Waals surface area contributed by atoms with E-state index in [0.29, 0.717) is 0 Å². The molecule has 2 aliphatic heterocycles. The van der Waals surface area contributed by atoms with Crippen LogP contribution in [0.4, 0.5) is 0 Å². The number of piperidine rings is 1. The average molecular weight is 346 g/mol. The summed E-state index contributed by atoms with van der Waals surface area (Å²) in [6.45, 7) is 5.39. The average Bonchev–Trinajstić information content (AvgIpc) is 3.20. The van der Waals surface area contributed by atoms with Gasteiger partial charge in [0.25, 0.3) is 5.91 Å². The number of amides is 1. The summed E-state index contributed by atoms with van der Waals surface area (Å²) < 4.78 is 2.22. The zero-order valence-electron chi connectivity index (χ0n) is 14.1. The Bertz CT molecular complexity index is 754. The van der Waals surface area contributed by atoms with Crippen LogP contribution in [0, 0.1) is 6.92 Å². The number of likely N-dealkylation sites (tertiary alicyclic amines) is 1. The molecule has 0 bridgehead atoms. The predicted molar refractivity (Wildman–Crippen MR) is 90.8 cm³/mol. The lowest BCUT2D eigenvalue weighted by molar-refractivity contribution is 0.0596. The maximum atomic E-state index is 13.0. The van der Waals surface area contributed by atoms with Gasteiger partial charge in [-0.25, -0.2) is 4.98 Å². The van der Waals surface area contributed by atoms with Gasteiger partial charge < -0.3 is 9.47 Å². The van der Waals surface area contributed by atoms with Crippen LogP contribution in [0.25, 0.3) is 0 Å². The fourth-order valence-corrected chi connectivity index (χ4v) is 4.39. The molecule has 0 aliphatic carbocycles. The molecule has 7 nitrogen and oxygen atoms in total. The van der Waals surface area contributed by atoms with Crippen molar-refractivity contribution in [1.82, 2.24) is 29.5 Å². The summed E-state index contributed by atoms with van der Waals surface area (Å²) in [4.78, 5) is 22.3. The molecule has 1 fully saturated rings. The third kappa shape index (κ3) is 2.63. The van der Waals surface area contributed by atoms with Crippen molar-refractivity contribution in [2.45, 2.75) is 45.3 Å². The molecular weight excluding hydrogens is 324 g/mol. The van der Waals surface area contributed by atoms with Crippen molar-refractivity contribution < 1.29 is 4.79 Å². The fourth-order valence-electron chi connectivity index (χ4n) is 3.63. The number of carbonyl (C=O) groups excluding carboxylic acids is 1. The number of thiazole rings is 1. The number of likely N-dealkylation sites (N-methyl/N-ethyl adjacent to an activating group) is 1. The molecule has 0 N–H and O–H groups in total. The second-order valence-electron chi connectivity index (χ2n) is 6.64. The Morgan fingerprint density at radius 3 is 2.92 bits per heavy atom. The number of hydrogen-bond acceptors (Lipinski definition) is 6. The van der Waals surface area contributed by atoms with Gasteiger partial charge in [-0.3, -0.25) is 9.69 Å². The summed E-state index contributed by atoms with van der Waals surface area (Å²) in [5.41, 5.74) is 2.57. The van der Waals surface area contributed by atoms with Crippen LogP contribution in [0.15, 0.2) is 5.51 Å². The van der Waals surface area contributed by atoms with Gasteiger partial charge >= 0.3 is 0 Å². The Labute approximate surface area is 145 Å². The standard InChI is InChI=1S/C16H22N6OS/c1-11-14(24-10-17-11)16(23)21-6-4-3-5-12(21)15-19-18-13-9-20(2)7-8-22(13)15/h10,12H,3-9H2,1-2H3/t12-/m0/s1. The molecular formula is C16H22N6OS. The van der Waals surface area contributed by atoms with Crippen LogP contribution in [-0.4, -0.2) is 55.6 Å². The lowest BCUT2D eigenvalue weighted by atomic mass is 10.0. The first kappa shape index (κ1) is 15.7. The van der Waals surface area contributed by atoms with Crippen molar-refractivity contribution in [2.24, 2.45) is 0 Å². The molecule has 128 valence electrons. The van der Waals surface area contributed by atoms with Crippen LogP contribution in [0.3, 0.4) is 0 Å². The maximum absolute atomic E-state index is 13.0. The summed E-state index contributed by atoms with van der Waals surface area (Å²) >= 11 is 1.43. The smallest absolute Gasteiger partial charge is 0.266 e. The first-order valence-electron chi connectivity index (χ1n) is 8.46. The fraction of sp³-hybridized carbons (Fsp3) is 0.625. The van der Waals surface area contributed by atoms with Crippen molar-refractivity contribution in [3.8, 4) is 0 Å². The second-order valence-corrected chi connectivity index (χ2v) is 7.50. The van der Waals surface area contributed by atoms with E-state index in [1.165, 1.54) is 11.3 Å². The maximum Gasteiger partial charge on any atom is 0.266 e. The van der Waals surface area contributed by atoms with Crippen LogP contribution in [-0.2, 0) is 13.1 Å². The predicted octanol–water partition coefficient (Wildman–Crippen LogP) is 1.86. The Morgan fingerprint density at radius 2 is 2.12 bits per heavy atom. The first-order chi connectivity index (χ1) is 11.6. The van der Waals surface area contributed by atoms with E-state index in [2.05, 4.69) is 31.7 Å². The topological polar surface area (TPSA) is 67.2 Å². The van der Waals surface area contributed by atoms with Crippen molar-refractivity contribution in [3.05, 3.63) is 27.7 Å². The highest BCUT2D eigenvalue weighted by molar-refractivity contribution is 7.11. The molecule has 8 heteroatoms. The zero-order chi connectivity index (χ0) is 16.7. The van der Waals surface area contributed by atoms with Crippen LogP contribution >= 0.6 is 11.3 Å². The van der Waals surface area contributed by atoms with Crippen molar-refractivity contribution in [1.29, 1.82) is 0 Å². The van der Waals surface area contributed by atoms with E-state index < -0.39 is 0 Å². The SMILES string of the molecule is Cc1ncsc1C(=O)N1CCCC[C@H]1c1nnc2n1CCN(C)C2. The van der Waals surface area contributed by atoms with Gasteiger partial charge in [-0.1, -0.05) is 0 Å². The highest BCUT2D eigenvalue weighted by Gasteiger charge is 2.34. The zero-order valence-corrected chi connectivity index (χ0v) is 14.9. The van der Waals surface area contributed by atoms with E-state index >= 15 is 0 Å².